The highest BCUT2D eigenvalue weighted by Gasteiger charge is 2.21. The number of esters is 2. The third-order valence-electron chi connectivity index (χ3n) is 3.76. The fourth-order valence-electron chi connectivity index (χ4n) is 2.33. The molecule has 0 amide bonds. The Hall–Kier alpha value is -3.28. The summed E-state index contributed by atoms with van der Waals surface area (Å²) in [6, 6.07) is 12.7. The largest absolute Gasteiger partial charge is 0.500 e. The molecule has 6 heteroatoms. The van der Waals surface area contributed by atoms with Gasteiger partial charge in [0.05, 0.1) is 14.2 Å². The first kappa shape index (κ1) is 20.0. The third kappa shape index (κ3) is 5.34. The molecule has 6 nitrogen and oxygen atoms in total. The van der Waals surface area contributed by atoms with Crippen molar-refractivity contribution in [2.24, 2.45) is 0 Å². The minimum atomic E-state index is -0.725. The Bertz CT molecular complexity index is 836. The maximum absolute atomic E-state index is 12.6. The first-order valence-corrected chi connectivity index (χ1v) is 8.27. The Morgan fingerprint density at radius 2 is 1.70 bits per heavy atom. The first-order chi connectivity index (χ1) is 13.0. The first-order valence-electron chi connectivity index (χ1n) is 8.27. The van der Waals surface area contributed by atoms with Crippen molar-refractivity contribution < 1.29 is 28.5 Å². The summed E-state index contributed by atoms with van der Waals surface area (Å²) in [4.78, 5) is 24.4. The van der Waals surface area contributed by atoms with Crippen LogP contribution in [0.4, 0.5) is 0 Å². The van der Waals surface area contributed by atoms with Gasteiger partial charge in [0.15, 0.2) is 0 Å². The van der Waals surface area contributed by atoms with Crippen LogP contribution in [-0.4, -0.2) is 26.2 Å². The lowest BCUT2D eigenvalue weighted by atomic mass is 10.1. The van der Waals surface area contributed by atoms with Crippen molar-refractivity contribution in [2.75, 3.05) is 14.2 Å². The van der Waals surface area contributed by atoms with Crippen molar-refractivity contribution >= 4 is 11.9 Å². The van der Waals surface area contributed by atoms with E-state index in [4.69, 9.17) is 14.2 Å². The van der Waals surface area contributed by atoms with E-state index in [9.17, 15) is 9.59 Å². The lowest BCUT2D eigenvalue weighted by Crippen LogP contribution is -2.15. The zero-order valence-corrected chi connectivity index (χ0v) is 15.8. The second-order valence-electron chi connectivity index (χ2n) is 5.82. The van der Waals surface area contributed by atoms with Crippen LogP contribution in [0.5, 0.6) is 5.75 Å². The van der Waals surface area contributed by atoms with Gasteiger partial charge >= 0.3 is 11.9 Å². The number of carbonyl (C=O) groups is 2. The summed E-state index contributed by atoms with van der Waals surface area (Å²) in [5.74, 6) is -1.28. The van der Waals surface area contributed by atoms with E-state index in [1.807, 2.05) is 31.2 Å². The van der Waals surface area contributed by atoms with Crippen LogP contribution in [0.3, 0.4) is 0 Å². The van der Waals surface area contributed by atoms with Gasteiger partial charge in [-0.15, -0.1) is 0 Å². The lowest BCUT2D eigenvalue weighted by molar-refractivity contribution is -0.138. The number of aryl methyl sites for hydroxylation is 2. The Labute approximate surface area is 158 Å². The molecule has 0 fully saturated rings. The van der Waals surface area contributed by atoms with Crippen molar-refractivity contribution in [2.45, 2.75) is 20.5 Å². The van der Waals surface area contributed by atoms with Gasteiger partial charge in [0.1, 0.15) is 24.2 Å². The van der Waals surface area contributed by atoms with Crippen LogP contribution in [0, 0.1) is 13.8 Å². The van der Waals surface area contributed by atoms with Crippen LogP contribution >= 0.6 is 0 Å². The summed E-state index contributed by atoms with van der Waals surface area (Å²) >= 11 is 0. The Balaban J connectivity index is 2.22. The number of ether oxygens (including phenoxy) is 4. The van der Waals surface area contributed by atoms with Gasteiger partial charge in [0.25, 0.3) is 0 Å². The van der Waals surface area contributed by atoms with Gasteiger partial charge in [-0.2, -0.15) is 0 Å². The van der Waals surface area contributed by atoms with E-state index in [1.165, 1.54) is 14.2 Å². The predicted octanol–water partition coefficient (Wildman–Crippen LogP) is 3.70. The molecule has 0 aliphatic rings. The van der Waals surface area contributed by atoms with Gasteiger partial charge in [0.2, 0.25) is 5.76 Å². The molecule has 2 aromatic rings. The predicted molar refractivity (Wildman–Crippen MR) is 99.2 cm³/mol. The van der Waals surface area contributed by atoms with E-state index in [0.717, 1.165) is 17.4 Å². The molecule has 0 saturated carbocycles. The van der Waals surface area contributed by atoms with Gasteiger partial charge < -0.3 is 18.9 Å². The van der Waals surface area contributed by atoms with Crippen molar-refractivity contribution in [3.05, 3.63) is 76.7 Å². The summed E-state index contributed by atoms with van der Waals surface area (Å²) in [6.07, 6.45) is 1.11. The fourth-order valence-corrected chi connectivity index (χ4v) is 2.33. The molecule has 0 aliphatic heterocycles. The van der Waals surface area contributed by atoms with Crippen LogP contribution in [0.25, 0.3) is 0 Å². The van der Waals surface area contributed by atoms with Crippen LogP contribution in [0.2, 0.25) is 0 Å². The number of methoxy groups -OCH3 is 2. The summed E-state index contributed by atoms with van der Waals surface area (Å²) in [6.45, 7) is 3.87. The van der Waals surface area contributed by atoms with Crippen molar-refractivity contribution in [3.63, 3.8) is 0 Å². The highest BCUT2D eigenvalue weighted by Crippen LogP contribution is 2.26. The third-order valence-corrected chi connectivity index (χ3v) is 3.76. The normalized spacial score (nSPS) is 10.9. The summed E-state index contributed by atoms with van der Waals surface area (Å²) in [7, 11) is 2.60. The highest BCUT2D eigenvalue weighted by atomic mass is 16.6. The van der Waals surface area contributed by atoms with E-state index in [1.54, 1.807) is 25.1 Å². The van der Waals surface area contributed by atoms with E-state index < -0.39 is 11.9 Å². The fraction of sp³-hybridized carbons (Fsp3) is 0.238. The average molecular weight is 370 g/mol. The molecule has 27 heavy (non-hydrogen) atoms. The minimum absolute atomic E-state index is 0.130. The topological polar surface area (TPSA) is 71.1 Å². The summed E-state index contributed by atoms with van der Waals surface area (Å²) in [5.41, 5.74) is 2.89. The molecular formula is C21H22O6. The summed E-state index contributed by atoms with van der Waals surface area (Å²) in [5, 5.41) is 0. The number of benzene rings is 2. The average Bonchev–Trinajstić information content (AvgIpc) is 2.66. The Morgan fingerprint density at radius 3 is 2.33 bits per heavy atom. The number of carbonyl (C=O) groups excluding carboxylic acids is 2. The maximum Gasteiger partial charge on any atom is 0.377 e. The zero-order valence-electron chi connectivity index (χ0n) is 15.8. The van der Waals surface area contributed by atoms with Crippen LogP contribution in [0.1, 0.15) is 27.0 Å². The van der Waals surface area contributed by atoms with E-state index in [-0.39, 0.29) is 23.7 Å². The second kappa shape index (κ2) is 9.43. The molecule has 142 valence electrons. The molecular weight excluding hydrogens is 348 g/mol. The molecule has 0 bridgehead atoms. The molecule has 0 radical (unpaired) electrons. The van der Waals surface area contributed by atoms with E-state index >= 15 is 0 Å². The van der Waals surface area contributed by atoms with Crippen LogP contribution in [0.15, 0.2) is 54.5 Å². The van der Waals surface area contributed by atoms with E-state index in [0.29, 0.717) is 5.56 Å². The van der Waals surface area contributed by atoms with Crippen molar-refractivity contribution in [1.82, 2.24) is 0 Å². The zero-order chi connectivity index (χ0) is 19.8. The molecule has 2 aromatic carbocycles. The monoisotopic (exact) mass is 370 g/mol. The van der Waals surface area contributed by atoms with Crippen LogP contribution in [-0.2, 0) is 25.6 Å². The van der Waals surface area contributed by atoms with Gasteiger partial charge in [-0.25, -0.2) is 9.59 Å². The van der Waals surface area contributed by atoms with Gasteiger partial charge in [-0.05, 0) is 31.0 Å². The van der Waals surface area contributed by atoms with Gasteiger partial charge in [-0.3, -0.25) is 0 Å². The highest BCUT2D eigenvalue weighted by molar-refractivity contribution is 5.95. The van der Waals surface area contributed by atoms with E-state index in [2.05, 4.69) is 4.74 Å². The number of rotatable bonds is 7. The summed E-state index contributed by atoms with van der Waals surface area (Å²) < 4.78 is 20.5. The maximum atomic E-state index is 12.6. The Morgan fingerprint density at radius 1 is 1.00 bits per heavy atom. The SMILES string of the molecule is COC=C(Oc1cccc(C)c1C(=O)OCc1ccc(C)cc1)C(=O)OC. The van der Waals surface area contributed by atoms with Gasteiger partial charge in [0, 0.05) is 0 Å². The smallest absolute Gasteiger partial charge is 0.377 e. The van der Waals surface area contributed by atoms with Crippen LogP contribution < -0.4 is 4.74 Å². The molecule has 2 rings (SSSR count). The minimum Gasteiger partial charge on any atom is -0.500 e. The molecule has 0 heterocycles. The van der Waals surface area contributed by atoms with Gasteiger partial charge in [-0.1, -0.05) is 42.0 Å². The Kier molecular flexibility index (Phi) is 7.00. The standard InChI is InChI=1S/C21H22O6/c1-14-8-10-16(11-9-14)12-26-21(23)19-15(2)6-5-7-17(19)27-18(13-24-3)20(22)25-4/h5-11,13H,12H2,1-4H3. The molecule has 0 unspecified atom stereocenters. The molecule has 0 aromatic heterocycles. The van der Waals surface area contributed by atoms with Crippen molar-refractivity contribution in [1.29, 1.82) is 0 Å². The molecule has 0 N–H and O–H groups in total. The van der Waals surface area contributed by atoms with Crippen molar-refractivity contribution in [3.8, 4) is 5.75 Å². The number of hydrogen-bond donors (Lipinski definition) is 0. The molecule has 0 atom stereocenters. The molecule has 0 saturated heterocycles. The molecule has 0 aliphatic carbocycles. The lowest BCUT2D eigenvalue weighted by Gasteiger charge is -2.14. The second-order valence-corrected chi connectivity index (χ2v) is 5.82. The molecule has 0 spiro atoms. The number of hydrogen-bond acceptors (Lipinski definition) is 6. The quantitative estimate of drug-likeness (QED) is 0.420.